The molecule has 2 aliphatic heterocycles. The number of fused-ring (bicyclic) bond motifs is 2. The summed E-state index contributed by atoms with van der Waals surface area (Å²) in [5.74, 6) is 1.97. The van der Waals surface area contributed by atoms with Crippen molar-refractivity contribution >= 4 is 12.4 Å². The van der Waals surface area contributed by atoms with E-state index in [4.69, 9.17) is 0 Å². The van der Waals surface area contributed by atoms with Crippen LogP contribution in [0.15, 0.2) is 0 Å². The number of nitrogens with one attached hydrogen (secondary N) is 1. The Balaban J connectivity index is 0.00000133. The van der Waals surface area contributed by atoms with Gasteiger partial charge in [0.05, 0.1) is 0 Å². The maximum atomic E-state index is 3.76. The molecule has 2 heterocycles. The molecule has 112 valence electrons. The summed E-state index contributed by atoms with van der Waals surface area (Å²) in [6, 6.07) is 2.54. The van der Waals surface area contributed by atoms with Crippen molar-refractivity contribution in [2.45, 2.75) is 76.4 Å². The van der Waals surface area contributed by atoms with E-state index in [0.717, 1.165) is 30.0 Å². The minimum absolute atomic E-state index is 0. The summed E-state index contributed by atoms with van der Waals surface area (Å²) < 4.78 is 0. The van der Waals surface area contributed by atoms with Crippen LogP contribution < -0.4 is 5.32 Å². The molecule has 1 saturated carbocycles. The lowest BCUT2D eigenvalue weighted by Crippen LogP contribution is -2.48. The molecular formula is C16H31ClN2. The molecule has 2 nitrogen and oxygen atoms in total. The van der Waals surface area contributed by atoms with Crippen LogP contribution in [0.5, 0.6) is 0 Å². The number of rotatable bonds is 3. The Morgan fingerprint density at radius 2 is 1.53 bits per heavy atom. The molecule has 0 spiro atoms. The molecule has 1 aliphatic carbocycles. The molecule has 2 unspecified atom stereocenters. The molecule has 3 fully saturated rings. The standard InChI is InChI=1S/C16H30N2.ClH/c1-12-3-5-13(6-4-12)11-18(2)16-9-14-7-8-15(10-16)17-14;/h12-17H,3-11H2,1-2H3;1H. The van der Waals surface area contributed by atoms with Crippen molar-refractivity contribution in [2.24, 2.45) is 11.8 Å². The lowest BCUT2D eigenvalue weighted by molar-refractivity contribution is 0.131. The summed E-state index contributed by atoms with van der Waals surface area (Å²) in [6.07, 6.45) is 11.5. The van der Waals surface area contributed by atoms with Gasteiger partial charge in [0.25, 0.3) is 0 Å². The maximum Gasteiger partial charge on any atom is 0.0122 e. The van der Waals surface area contributed by atoms with E-state index in [1.54, 1.807) is 0 Å². The zero-order valence-electron chi connectivity index (χ0n) is 12.6. The van der Waals surface area contributed by atoms with E-state index < -0.39 is 0 Å². The van der Waals surface area contributed by atoms with E-state index in [2.05, 4.69) is 24.2 Å². The van der Waals surface area contributed by atoms with Crippen molar-refractivity contribution in [1.82, 2.24) is 10.2 Å². The molecule has 0 aromatic carbocycles. The Kier molecular flexibility index (Phi) is 5.56. The summed E-state index contributed by atoms with van der Waals surface area (Å²) in [5, 5.41) is 3.76. The van der Waals surface area contributed by atoms with Crippen LogP contribution in [0.4, 0.5) is 0 Å². The first-order chi connectivity index (χ1) is 8.70. The first-order valence-electron chi connectivity index (χ1n) is 8.17. The Bertz CT molecular complexity index is 264. The monoisotopic (exact) mass is 286 g/mol. The molecule has 19 heavy (non-hydrogen) atoms. The number of halogens is 1. The normalized spacial score (nSPS) is 42.2. The van der Waals surface area contributed by atoms with Crippen molar-refractivity contribution in [1.29, 1.82) is 0 Å². The SMILES string of the molecule is CC1CCC(CN(C)C2CC3CCC(C2)N3)CC1.Cl. The highest BCUT2D eigenvalue weighted by Crippen LogP contribution is 2.32. The molecule has 1 N–H and O–H groups in total. The van der Waals surface area contributed by atoms with Crippen LogP contribution in [-0.4, -0.2) is 36.6 Å². The van der Waals surface area contributed by atoms with E-state index in [1.807, 2.05) is 0 Å². The first-order valence-corrected chi connectivity index (χ1v) is 8.17. The van der Waals surface area contributed by atoms with Crippen LogP contribution in [0.1, 0.15) is 58.3 Å². The number of nitrogens with zero attached hydrogens (tertiary/aromatic N) is 1. The fourth-order valence-corrected chi connectivity index (χ4v) is 4.46. The minimum Gasteiger partial charge on any atom is -0.311 e. The highest BCUT2D eigenvalue weighted by atomic mass is 35.5. The third-order valence-electron chi connectivity index (χ3n) is 5.75. The first kappa shape index (κ1) is 15.6. The predicted molar refractivity (Wildman–Crippen MR) is 84.0 cm³/mol. The van der Waals surface area contributed by atoms with Gasteiger partial charge in [0.2, 0.25) is 0 Å². The second-order valence-corrected chi connectivity index (χ2v) is 7.33. The van der Waals surface area contributed by atoms with Crippen LogP contribution in [-0.2, 0) is 0 Å². The third kappa shape index (κ3) is 3.86. The van der Waals surface area contributed by atoms with Crippen molar-refractivity contribution in [2.75, 3.05) is 13.6 Å². The van der Waals surface area contributed by atoms with Crippen LogP contribution >= 0.6 is 12.4 Å². The van der Waals surface area contributed by atoms with Gasteiger partial charge < -0.3 is 10.2 Å². The summed E-state index contributed by atoms with van der Waals surface area (Å²) >= 11 is 0. The largest absolute Gasteiger partial charge is 0.311 e. The van der Waals surface area contributed by atoms with E-state index in [0.29, 0.717) is 0 Å². The van der Waals surface area contributed by atoms with Gasteiger partial charge in [-0.25, -0.2) is 0 Å². The number of piperidine rings is 1. The van der Waals surface area contributed by atoms with Crippen molar-refractivity contribution in [3.05, 3.63) is 0 Å². The molecule has 3 rings (SSSR count). The zero-order chi connectivity index (χ0) is 12.5. The quantitative estimate of drug-likeness (QED) is 0.855. The fraction of sp³-hybridized carbons (Fsp3) is 1.00. The van der Waals surface area contributed by atoms with Crippen molar-refractivity contribution in [3.63, 3.8) is 0 Å². The minimum atomic E-state index is 0. The highest BCUT2D eigenvalue weighted by Gasteiger charge is 2.35. The predicted octanol–water partition coefficient (Wildman–Crippen LogP) is 3.45. The Morgan fingerprint density at radius 1 is 0.947 bits per heavy atom. The summed E-state index contributed by atoms with van der Waals surface area (Å²) in [4.78, 5) is 2.70. The highest BCUT2D eigenvalue weighted by molar-refractivity contribution is 5.85. The molecular weight excluding hydrogens is 256 g/mol. The molecule has 3 heteroatoms. The van der Waals surface area contributed by atoms with Crippen LogP contribution in [0.3, 0.4) is 0 Å². The second-order valence-electron chi connectivity index (χ2n) is 7.33. The average molecular weight is 287 g/mol. The molecule has 2 atom stereocenters. The van der Waals surface area contributed by atoms with Crippen molar-refractivity contribution in [3.8, 4) is 0 Å². The van der Waals surface area contributed by atoms with Gasteiger partial charge >= 0.3 is 0 Å². The Morgan fingerprint density at radius 3 is 2.11 bits per heavy atom. The number of hydrogen-bond donors (Lipinski definition) is 1. The zero-order valence-corrected chi connectivity index (χ0v) is 13.4. The van der Waals surface area contributed by atoms with Crippen LogP contribution in [0.2, 0.25) is 0 Å². The molecule has 2 bridgehead atoms. The Labute approximate surface area is 125 Å². The van der Waals surface area contributed by atoms with Gasteiger partial charge in [-0.15, -0.1) is 12.4 Å². The molecule has 3 aliphatic rings. The molecule has 0 aromatic rings. The molecule has 0 aromatic heterocycles. The Hall–Kier alpha value is 0.210. The van der Waals surface area contributed by atoms with E-state index >= 15 is 0 Å². The van der Waals surface area contributed by atoms with Gasteiger partial charge in [-0.1, -0.05) is 19.8 Å². The van der Waals surface area contributed by atoms with Gasteiger partial charge in [0, 0.05) is 24.7 Å². The van der Waals surface area contributed by atoms with Crippen LogP contribution in [0, 0.1) is 11.8 Å². The van der Waals surface area contributed by atoms with E-state index in [1.165, 1.54) is 57.9 Å². The van der Waals surface area contributed by atoms with Crippen molar-refractivity contribution < 1.29 is 0 Å². The van der Waals surface area contributed by atoms with Gasteiger partial charge in [-0.05, 0) is 57.4 Å². The van der Waals surface area contributed by atoms with Crippen LogP contribution in [0.25, 0.3) is 0 Å². The fourth-order valence-electron chi connectivity index (χ4n) is 4.46. The number of hydrogen-bond acceptors (Lipinski definition) is 2. The lowest BCUT2D eigenvalue weighted by Gasteiger charge is -2.38. The smallest absolute Gasteiger partial charge is 0.0122 e. The molecule has 0 radical (unpaired) electrons. The molecule has 2 saturated heterocycles. The van der Waals surface area contributed by atoms with Gasteiger partial charge in [0.15, 0.2) is 0 Å². The van der Waals surface area contributed by atoms with E-state index in [-0.39, 0.29) is 12.4 Å². The van der Waals surface area contributed by atoms with Gasteiger partial charge in [-0.2, -0.15) is 0 Å². The average Bonchev–Trinajstić information content (AvgIpc) is 2.71. The summed E-state index contributed by atoms with van der Waals surface area (Å²) in [5.41, 5.74) is 0. The van der Waals surface area contributed by atoms with Gasteiger partial charge in [0.1, 0.15) is 0 Å². The second kappa shape index (κ2) is 6.78. The lowest BCUT2D eigenvalue weighted by atomic mass is 9.82. The summed E-state index contributed by atoms with van der Waals surface area (Å²) in [6.45, 7) is 3.78. The molecule has 0 amide bonds. The van der Waals surface area contributed by atoms with E-state index in [9.17, 15) is 0 Å². The van der Waals surface area contributed by atoms with Gasteiger partial charge in [-0.3, -0.25) is 0 Å². The maximum absolute atomic E-state index is 3.76. The summed E-state index contributed by atoms with van der Waals surface area (Å²) in [7, 11) is 2.38. The third-order valence-corrected chi connectivity index (χ3v) is 5.75. The topological polar surface area (TPSA) is 15.3 Å².